The standard InChI is InChI=1S/C17H23N5O.2C2HF3O2/c1-12-3-6-16(20-19-12)22-8-14-7-18-21(2)17(14)15(9-22)11-23-10-13-4-5-13;2*3-2(4,5)1(6)7/h3,6-7,13,15H,4-5,8-11H2,1-2H3;2*(H,6,7). The number of rotatable bonds is 5. The number of carboxylic acid groups (broad SMARTS) is 2. The Labute approximate surface area is 206 Å². The van der Waals surface area contributed by atoms with Crippen LogP contribution >= 0.6 is 0 Å². The number of alkyl halides is 6. The van der Waals surface area contributed by atoms with E-state index in [0.717, 1.165) is 43.7 Å². The first-order valence-corrected chi connectivity index (χ1v) is 10.8. The lowest BCUT2D eigenvalue weighted by atomic mass is 9.97. The molecular weight excluding hydrogens is 516 g/mol. The van der Waals surface area contributed by atoms with Crippen molar-refractivity contribution in [1.29, 1.82) is 0 Å². The van der Waals surface area contributed by atoms with E-state index in [9.17, 15) is 26.3 Å². The highest BCUT2D eigenvalue weighted by atomic mass is 19.4. The Balaban J connectivity index is 0.000000286. The number of nitrogens with zero attached hydrogens (tertiary/aromatic N) is 5. The molecule has 10 nitrogen and oxygen atoms in total. The number of anilines is 1. The van der Waals surface area contributed by atoms with Crippen molar-refractivity contribution >= 4 is 17.8 Å². The van der Waals surface area contributed by atoms with Gasteiger partial charge in [0.05, 0.1) is 24.2 Å². The minimum atomic E-state index is -5.08. The molecule has 1 aliphatic heterocycles. The van der Waals surface area contributed by atoms with Crippen molar-refractivity contribution in [3.63, 3.8) is 0 Å². The van der Waals surface area contributed by atoms with Crippen molar-refractivity contribution in [2.24, 2.45) is 13.0 Å². The van der Waals surface area contributed by atoms with Gasteiger partial charge in [0.25, 0.3) is 0 Å². The molecule has 1 unspecified atom stereocenters. The molecule has 16 heteroatoms. The van der Waals surface area contributed by atoms with Crippen LogP contribution in [0.3, 0.4) is 0 Å². The van der Waals surface area contributed by atoms with Gasteiger partial charge in [-0.15, -0.1) is 5.10 Å². The van der Waals surface area contributed by atoms with Crippen LogP contribution < -0.4 is 4.90 Å². The minimum Gasteiger partial charge on any atom is -0.475 e. The number of halogens is 6. The van der Waals surface area contributed by atoms with Crippen LogP contribution in [0, 0.1) is 12.8 Å². The molecule has 0 saturated heterocycles. The van der Waals surface area contributed by atoms with Crippen LogP contribution in [0.15, 0.2) is 18.3 Å². The summed E-state index contributed by atoms with van der Waals surface area (Å²) in [4.78, 5) is 20.1. The second-order valence-electron chi connectivity index (χ2n) is 8.38. The third-order valence-electron chi connectivity index (χ3n) is 5.22. The molecule has 3 heterocycles. The van der Waals surface area contributed by atoms with E-state index < -0.39 is 24.3 Å². The van der Waals surface area contributed by atoms with Crippen LogP contribution in [-0.4, -0.2) is 74.2 Å². The Morgan fingerprint density at radius 1 is 1.03 bits per heavy atom. The lowest BCUT2D eigenvalue weighted by Crippen LogP contribution is -2.36. The summed E-state index contributed by atoms with van der Waals surface area (Å²) >= 11 is 0. The van der Waals surface area contributed by atoms with Gasteiger partial charge in [-0.05, 0) is 37.8 Å². The number of ether oxygens (including phenoxy) is 1. The van der Waals surface area contributed by atoms with Gasteiger partial charge < -0.3 is 19.8 Å². The van der Waals surface area contributed by atoms with E-state index in [1.807, 2.05) is 37.0 Å². The monoisotopic (exact) mass is 541 g/mol. The molecule has 0 amide bonds. The quantitative estimate of drug-likeness (QED) is 0.548. The smallest absolute Gasteiger partial charge is 0.475 e. The number of hydrogen-bond donors (Lipinski definition) is 2. The van der Waals surface area contributed by atoms with Crippen LogP contribution in [-0.2, 0) is 27.9 Å². The molecule has 1 fully saturated rings. The molecule has 0 spiro atoms. The third-order valence-corrected chi connectivity index (χ3v) is 5.22. The number of fused-ring (bicyclic) bond motifs is 1. The summed E-state index contributed by atoms with van der Waals surface area (Å²) in [7, 11) is 2.02. The molecule has 2 N–H and O–H groups in total. The zero-order valence-corrected chi connectivity index (χ0v) is 19.8. The number of hydrogen-bond acceptors (Lipinski definition) is 7. The summed E-state index contributed by atoms with van der Waals surface area (Å²) in [6, 6.07) is 4.06. The van der Waals surface area contributed by atoms with Gasteiger partial charge in [0.1, 0.15) is 0 Å². The zero-order valence-electron chi connectivity index (χ0n) is 19.8. The topological polar surface area (TPSA) is 131 Å². The average molecular weight is 541 g/mol. The van der Waals surface area contributed by atoms with E-state index in [-0.39, 0.29) is 0 Å². The largest absolute Gasteiger partial charge is 0.490 e. The first-order valence-electron chi connectivity index (χ1n) is 10.8. The van der Waals surface area contributed by atoms with Crippen molar-refractivity contribution in [2.75, 3.05) is 24.7 Å². The minimum absolute atomic E-state index is 0.327. The zero-order chi connectivity index (χ0) is 28.0. The number of carbonyl (C=O) groups is 2. The summed E-state index contributed by atoms with van der Waals surface area (Å²) in [6.07, 6.45) is -5.55. The lowest BCUT2D eigenvalue weighted by Gasteiger charge is -2.33. The Kier molecular flexibility index (Phi) is 9.83. The van der Waals surface area contributed by atoms with E-state index in [4.69, 9.17) is 24.5 Å². The van der Waals surface area contributed by atoms with Gasteiger partial charge in [0.2, 0.25) is 0 Å². The summed E-state index contributed by atoms with van der Waals surface area (Å²) in [5.41, 5.74) is 3.51. The molecule has 0 aromatic carbocycles. The molecule has 0 bridgehead atoms. The van der Waals surface area contributed by atoms with Crippen LogP contribution in [0.25, 0.3) is 0 Å². The fourth-order valence-electron chi connectivity index (χ4n) is 3.29. The maximum atomic E-state index is 10.6. The number of aryl methyl sites for hydroxylation is 2. The van der Waals surface area contributed by atoms with Gasteiger partial charge in [0, 0.05) is 38.2 Å². The highest BCUT2D eigenvalue weighted by molar-refractivity contribution is 5.73. The van der Waals surface area contributed by atoms with E-state index >= 15 is 0 Å². The second-order valence-corrected chi connectivity index (χ2v) is 8.38. The lowest BCUT2D eigenvalue weighted by molar-refractivity contribution is -0.193. The first-order chi connectivity index (χ1) is 17.1. The van der Waals surface area contributed by atoms with Gasteiger partial charge in [-0.25, -0.2) is 9.59 Å². The normalized spacial score (nSPS) is 17.1. The van der Waals surface area contributed by atoms with E-state index in [1.54, 1.807) is 0 Å². The fourth-order valence-corrected chi connectivity index (χ4v) is 3.29. The van der Waals surface area contributed by atoms with Crippen molar-refractivity contribution in [1.82, 2.24) is 20.0 Å². The Hall–Kier alpha value is -3.43. The molecule has 2 aromatic heterocycles. The van der Waals surface area contributed by atoms with Gasteiger partial charge in [-0.2, -0.15) is 36.5 Å². The number of aliphatic carboxylic acids is 2. The summed E-state index contributed by atoms with van der Waals surface area (Å²) in [5, 5.41) is 27.2. The van der Waals surface area contributed by atoms with E-state index in [0.29, 0.717) is 5.92 Å². The SMILES string of the molecule is Cc1ccc(N2Cc3cnn(C)c3C(COCC3CC3)C2)nn1.O=C(O)C(F)(F)F.O=C(O)C(F)(F)F. The van der Waals surface area contributed by atoms with Crippen molar-refractivity contribution in [3.8, 4) is 0 Å². The molecule has 2 aromatic rings. The molecule has 1 aliphatic carbocycles. The van der Waals surface area contributed by atoms with Gasteiger partial charge >= 0.3 is 24.3 Å². The van der Waals surface area contributed by atoms with Gasteiger partial charge in [-0.1, -0.05) is 0 Å². The summed E-state index contributed by atoms with van der Waals surface area (Å²) in [6.45, 7) is 5.34. The van der Waals surface area contributed by atoms with Gasteiger partial charge in [0.15, 0.2) is 5.82 Å². The Morgan fingerprint density at radius 2 is 1.59 bits per heavy atom. The predicted octanol–water partition coefficient (Wildman–Crippen LogP) is 3.32. The van der Waals surface area contributed by atoms with Gasteiger partial charge in [-0.3, -0.25) is 4.68 Å². The average Bonchev–Trinajstić information content (AvgIpc) is 3.54. The summed E-state index contributed by atoms with van der Waals surface area (Å²) < 4.78 is 71.4. The van der Waals surface area contributed by atoms with Crippen LogP contribution in [0.1, 0.15) is 35.7 Å². The summed E-state index contributed by atoms with van der Waals surface area (Å²) in [5.74, 6) is -3.46. The Bertz CT molecular complexity index is 1030. The van der Waals surface area contributed by atoms with Crippen LogP contribution in [0.2, 0.25) is 0 Å². The maximum absolute atomic E-state index is 10.6. The predicted molar refractivity (Wildman–Crippen MR) is 115 cm³/mol. The molecule has 1 saturated carbocycles. The Morgan fingerprint density at radius 3 is 2.05 bits per heavy atom. The van der Waals surface area contributed by atoms with Crippen LogP contribution in [0.4, 0.5) is 32.2 Å². The van der Waals surface area contributed by atoms with Crippen molar-refractivity contribution in [2.45, 2.75) is 44.6 Å². The molecule has 2 aliphatic rings. The molecule has 4 rings (SSSR count). The van der Waals surface area contributed by atoms with E-state index in [1.165, 1.54) is 24.1 Å². The van der Waals surface area contributed by atoms with E-state index in [2.05, 4.69) is 20.2 Å². The highest BCUT2D eigenvalue weighted by Gasteiger charge is 2.39. The van der Waals surface area contributed by atoms with Crippen molar-refractivity contribution in [3.05, 3.63) is 35.3 Å². The maximum Gasteiger partial charge on any atom is 0.490 e. The molecule has 0 radical (unpaired) electrons. The third kappa shape index (κ3) is 9.51. The second kappa shape index (κ2) is 12.2. The van der Waals surface area contributed by atoms with Crippen LogP contribution in [0.5, 0.6) is 0 Å². The van der Waals surface area contributed by atoms with Crippen molar-refractivity contribution < 1.29 is 50.9 Å². The molecule has 206 valence electrons. The highest BCUT2D eigenvalue weighted by Crippen LogP contribution is 2.32. The fraction of sp³-hybridized carbons (Fsp3) is 0.571. The molecular formula is C21H25F6N5O5. The molecule has 37 heavy (non-hydrogen) atoms. The number of aromatic nitrogens is 4. The first kappa shape index (κ1) is 29.8. The molecule has 1 atom stereocenters. The number of carboxylic acids is 2.